The molecule has 2 heteroatoms. The van der Waals surface area contributed by atoms with Crippen molar-refractivity contribution in [3.63, 3.8) is 0 Å². The third-order valence-electron chi connectivity index (χ3n) is 3.98. The Kier molecular flexibility index (Phi) is 7.76. The summed E-state index contributed by atoms with van der Waals surface area (Å²) in [7, 11) is 1.79. The third kappa shape index (κ3) is 5.75. The first kappa shape index (κ1) is 16.2. The predicted octanol–water partition coefficient (Wildman–Crippen LogP) is 3.44. The van der Waals surface area contributed by atoms with Crippen LogP contribution >= 0.6 is 0 Å². The fraction of sp³-hybridized carbons (Fsp3) is 0.647. The summed E-state index contributed by atoms with van der Waals surface area (Å²) < 4.78 is 5.22. The van der Waals surface area contributed by atoms with Crippen LogP contribution in [0.5, 0.6) is 0 Å². The number of aryl methyl sites for hydroxylation is 1. The van der Waals surface area contributed by atoms with E-state index in [1.807, 2.05) is 0 Å². The quantitative estimate of drug-likeness (QED) is 0.737. The first-order valence-electron chi connectivity index (χ1n) is 7.43. The molecule has 0 spiro atoms. The number of nitrogens with one attached hydrogen (secondary N) is 1. The van der Waals surface area contributed by atoms with Crippen LogP contribution in [0.4, 0.5) is 0 Å². The zero-order valence-electron chi connectivity index (χ0n) is 12.9. The molecule has 19 heavy (non-hydrogen) atoms. The Hall–Kier alpha value is -0.860. The summed E-state index contributed by atoms with van der Waals surface area (Å²) in [6.07, 6.45) is 2.29. The minimum absolute atomic E-state index is 0.677. The fourth-order valence-electron chi connectivity index (χ4n) is 2.47. The molecule has 2 unspecified atom stereocenters. The Bertz CT molecular complexity index is 351. The molecule has 0 radical (unpaired) electrons. The van der Waals surface area contributed by atoms with Gasteiger partial charge in [0.1, 0.15) is 0 Å². The van der Waals surface area contributed by atoms with Crippen LogP contribution in [0.1, 0.15) is 31.4 Å². The van der Waals surface area contributed by atoms with Gasteiger partial charge in [-0.25, -0.2) is 0 Å². The van der Waals surface area contributed by atoms with Crippen LogP contribution in [0, 0.1) is 18.8 Å². The smallest absolute Gasteiger partial charge is 0.0464 e. The maximum atomic E-state index is 5.22. The first-order valence-corrected chi connectivity index (χ1v) is 7.43. The van der Waals surface area contributed by atoms with Gasteiger partial charge in [0.2, 0.25) is 0 Å². The lowest BCUT2D eigenvalue weighted by Gasteiger charge is -2.25. The van der Waals surface area contributed by atoms with Crippen LogP contribution in [0.25, 0.3) is 0 Å². The van der Waals surface area contributed by atoms with Crippen molar-refractivity contribution in [1.82, 2.24) is 5.32 Å². The normalized spacial score (nSPS) is 14.3. The highest BCUT2D eigenvalue weighted by Gasteiger charge is 2.18. The molecule has 0 saturated heterocycles. The molecule has 0 amide bonds. The molecule has 0 saturated carbocycles. The fourth-order valence-corrected chi connectivity index (χ4v) is 2.47. The Balaban J connectivity index is 2.65. The molecule has 0 aliphatic carbocycles. The van der Waals surface area contributed by atoms with E-state index in [-0.39, 0.29) is 0 Å². The molecule has 2 nitrogen and oxygen atoms in total. The van der Waals surface area contributed by atoms with Crippen LogP contribution in [-0.2, 0) is 11.2 Å². The van der Waals surface area contributed by atoms with Crippen LogP contribution in [0.3, 0.4) is 0 Å². The van der Waals surface area contributed by atoms with Gasteiger partial charge in [-0.15, -0.1) is 0 Å². The van der Waals surface area contributed by atoms with Gasteiger partial charge >= 0.3 is 0 Å². The minimum atomic E-state index is 0.677. The topological polar surface area (TPSA) is 21.3 Å². The van der Waals surface area contributed by atoms with E-state index >= 15 is 0 Å². The van der Waals surface area contributed by atoms with E-state index < -0.39 is 0 Å². The number of hydrogen-bond acceptors (Lipinski definition) is 2. The van der Waals surface area contributed by atoms with Crippen molar-refractivity contribution in [3.05, 3.63) is 35.4 Å². The predicted molar refractivity (Wildman–Crippen MR) is 82.6 cm³/mol. The lowest BCUT2D eigenvalue weighted by molar-refractivity contribution is 0.164. The standard InChI is InChI=1S/C17H29NO/c1-5-18-13-17(15(3)10-11-19-4)12-16-9-7-6-8-14(16)2/h6-9,15,17-18H,5,10-13H2,1-4H3. The van der Waals surface area contributed by atoms with Crippen molar-refractivity contribution in [3.8, 4) is 0 Å². The summed E-state index contributed by atoms with van der Waals surface area (Å²) in [6.45, 7) is 9.72. The second kappa shape index (κ2) is 9.11. The molecule has 108 valence electrons. The highest BCUT2D eigenvalue weighted by molar-refractivity contribution is 5.26. The van der Waals surface area contributed by atoms with Crippen molar-refractivity contribution in [2.24, 2.45) is 11.8 Å². The highest BCUT2D eigenvalue weighted by atomic mass is 16.5. The van der Waals surface area contributed by atoms with E-state index in [4.69, 9.17) is 4.74 Å². The van der Waals surface area contributed by atoms with Crippen molar-refractivity contribution in [1.29, 1.82) is 0 Å². The van der Waals surface area contributed by atoms with E-state index in [9.17, 15) is 0 Å². The SMILES string of the molecule is CCNCC(Cc1ccccc1C)C(C)CCOC. The van der Waals surface area contributed by atoms with Crippen molar-refractivity contribution < 1.29 is 4.74 Å². The molecule has 0 aliphatic heterocycles. The van der Waals surface area contributed by atoms with Crippen molar-refractivity contribution in [2.45, 2.75) is 33.6 Å². The largest absolute Gasteiger partial charge is 0.385 e. The van der Waals surface area contributed by atoms with Crippen LogP contribution in [-0.4, -0.2) is 26.8 Å². The average molecular weight is 263 g/mol. The second-order valence-corrected chi connectivity index (χ2v) is 5.46. The zero-order valence-corrected chi connectivity index (χ0v) is 12.9. The van der Waals surface area contributed by atoms with Gasteiger partial charge < -0.3 is 10.1 Å². The molecule has 0 fully saturated rings. The van der Waals surface area contributed by atoms with Gasteiger partial charge in [0, 0.05) is 13.7 Å². The van der Waals surface area contributed by atoms with E-state index in [0.29, 0.717) is 11.8 Å². The van der Waals surface area contributed by atoms with Gasteiger partial charge in [0.05, 0.1) is 0 Å². The summed E-state index contributed by atoms with van der Waals surface area (Å²) in [6, 6.07) is 8.73. The molecule has 0 heterocycles. The third-order valence-corrected chi connectivity index (χ3v) is 3.98. The van der Waals surface area contributed by atoms with Crippen molar-refractivity contribution in [2.75, 3.05) is 26.8 Å². The van der Waals surface area contributed by atoms with Gasteiger partial charge in [0.15, 0.2) is 0 Å². The number of benzene rings is 1. The van der Waals surface area contributed by atoms with Crippen LogP contribution in [0.15, 0.2) is 24.3 Å². The molecular weight excluding hydrogens is 234 g/mol. The van der Waals surface area contributed by atoms with E-state index in [1.165, 1.54) is 11.1 Å². The molecule has 1 rings (SSSR count). The zero-order chi connectivity index (χ0) is 14.1. The average Bonchev–Trinajstić information content (AvgIpc) is 2.42. The number of methoxy groups -OCH3 is 1. The lowest BCUT2D eigenvalue weighted by atomic mass is 9.85. The summed E-state index contributed by atoms with van der Waals surface area (Å²) in [5.41, 5.74) is 2.89. The van der Waals surface area contributed by atoms with Crippen LogP contribution in [0.2, 0.25) is 0 Å². The van der Waals surface area contributed by atoms with E-state index in [2.05, 4.69) is 50.4 Å². The van der Waals surface area contributed by atoms with Crippen LogP contribution < -0.4 is 5.32 Å². The van der Waals surface area contributed by atoms with Crippen molar-refractivity contribution >= 4 is 0 Å². The van der Waals surface area contributed by atoms with Gasteiger partial charge in [-0.2, -0.15) is 0 Å². The Morgan fingerprint density at radius 2 is 2.00 bits per heavy atom. The summed E-state index contributed by atoms with van der Waals surface area (Å²) in [5.74, 6) is 1.36. The molecule has 0 aliphatic rings. The second-order valence-electron chi connectivity index (χ2n) is 5.46. The molecule has 1 aromatic rings. The Morgan fingerprint density at radius 3 is 2.63 bits per heavy atom. The molecule has 0 bridgehead atoms. The first-order chi connectivity index (χ1) is 9.19. The highest BCUT2D eigenvalue weighted by Crippen LogP contribution is 2.22. The lowest BCUT2D eigenvalue weighted by Crippen LogP contribution is -2.29. The monoisotopic (exact) mass is 263 g/mol. The molecule has 1 N–H and O–H groups in total. The number of hydrogen-bond donors (Lipinski definition) is 1. The van der Waals surface area contributed by atoms with E-state index in [0.717, 1.165) is 32.5 Å². The van der Waals surface area contributed by atoms with Gasteiger partial charge in [-0.05, 0) is 55.8 Å². The maximum absolute atomic E-state index is 5.22. The van der Waals surface area contributed by atoms with Gasteiger partial charge in [0.25, 0.3) is 0 Å². The Morgan fingerprint density at radius 1 is 1.26 bits per heavy atom. The maximum Gasteiger partial charge on any atom is 0.0464 e. The molecule has 0 aromatic heterocycles. The minimum Gasteiger partial charge on any atom is -0.385 e. The molecule has 2 atom stereocenters. The van der Waals surface area contributed by atoms with E-state index in [1.54, 1.807) is 7.11 Å². The summed E-state index contributed by atoms with van der Waals surface area (Å²) in [4.78, 5) is 0. The number of ether oxygens (including phenoxy) is 1. The molecule has 1 aromatic carbocycles. The number of rotatable bonds is 9. The Labute approximate surface area is 118 Å². The van der Waals surface area contributed by atoms with Gasteiger partial charge in [-0.3, -0.25) is 0 Å². The molecular formula is C17H29NO. The summed E-state index contributed by atoms with van der Waals surface area (Å²) >= 11 is 0. The van der Waals surface area contributed by atoms with Gasteiger partial charge in [-0.1, -0.05) is 38.1 Å². The summed E-state index contributed by atoms with van der Waals surface area (Å²) in [5, 5.41) is 3.50.